The molecule has 0 spiro atoms. The molecule has 3 rings (SSSR count). The third kappa shape index (κ3) is 3.08. The van der Waals surface area contributed by atoms with Gasteiger partial charge in [0, 0.05) is 49.9 Å². The number of benzene rings is 1. The summed E-state index contributed by atoms with van der Waals surface area (Å²) in [5.74, 6) is 0. The highest BCUT2D eigenvalue weighted by molar-refractivity contribution is 6.30. The molecule has 1 aliphatic heterocycles. The Balaban J connectivity index is 1.52. The van der Waals surface area contributed by atoms with E-state index in [-0.39, 0.29) is 0 Å². The van der Waals surface area contributed by atoms with Crippen molar-refractivity contribution in [2.24, 2.45) is 5.41 Å². The third-order valence-corrected chi connectivity index (χ3v) is 4.79. The van der Waals surface area contributed by atoms with Gasteiger partial charge in [-0.2, -0.15) is 5.26 Å². The van der Waals surface area contributed by atoms with Crippen molar-refractivity contribution in [3.05, 3.63) is 29.3 Å². The molecule has 2 aliphatic rings. The van der Waals surface area contributed by atoms with Gasteiger partial charge in [0.1, 0.15) is 0 Å². The van der Waals surface area contributed by atoms with E-state index >= 15 is 0 Å². The average molecular weight is 290 g/mol. The van der Waals surface area contributed by atoms with Crippen LogP contribution in [0.15, 0.2) is 24.3 Å². The Labute approximate surface area is 125 Å². The lowest BCUT2D eigenvalue weighted by molar-refractivity contribution is 0.209. The van der Waals surface area contributed by atoms with Crippen molar-refractivity contribution in [2.45, 2.75) is 19.3 Å². The lowest BCUT2D eigenvalue weighted by Gasteiger charge is -2.37. The Hall–Kier alpha value is -1.24. The SMILES string of the molecule is N#CCC1(CN2CCN(c3ccc(Cl)cc3)CC2)CC1. The molecule has 0 bridgehead atoms. The highest BCUT2D eigenvalue weighted by atomic mass is 35.5. The summed E-state index contributed by atoms with van der Waals surface area (Å²) >= 11 is 5.93. The average Bonchev–Trinajstić information content (AvgIpc) is 3.21. The van der Waals surface area contributed by atoms with Crippen LogP contribution in [0.3, 0.4) is 0 Å². The van der Waals surface area contributed by atoms with Gasteiger partial charge in [-0.3, -0.25) is 4.90 Å². The zero-order valence-electron chi connectivity index (χ0n) is 11.7. The van der Waals surface area contributed by atoms with Gasteiger partial charge in [0.25, 0.3) is 0 Å². The van der Waals surface area contributed by atoms with Crippen molar-refractivity contribution in [1.29, 1.82) is 5.26 Å². The van der Waals surface area contributed by atoms with Crippen LogP contribution < -0.4 is 4.90 Å². The van der Waals surface area contributed by atoms with Gasteiger partial charge in [-0.05, 0) is 42.5 Å². The molecule has 1 aromatic carbocycles. The summed E-state index contributed by atoms with van der Waals surface area (Å²) < 4.78 is 0. The van der Waals surface area contributed by atoms with Crippen LogP contribution in [0.5, 0.6) is 0 Å². The zero-order valence-corrected chi connectivity index (χ0v) is 12.4. The Morgan fingerprint density at radius 3 is 2.30 bits per heavy atom. The van der Waals surface area contributed by atoms with Gasteiger partial charge in [0.2, 0.25) is 0 Å². The van der Waals surface area contributed by atoms with Gasteiger partial charge in [0.15, 0.2) is 0 Å². The fourth-order valence-electron chi connectivity index (χ4n) is 3.03. The fraction of sp³-hybridized carbons (Fsp3) is 0.562. The van der Waals surface area contributed by atoms with Gasteiger partial charge in [0.05, 0.1) is 6.07 Å². The van der Waals surface area contributed by atoms with Crippen LogP contribution in [0.25, 0.3) is 0 Å². The van der Waals surface area contributed by atoms with E-state index in [1.807, 2.05) is 12.1 Å². The van der Waals surface area contributed by atoms with Gasteiger partial charge < -0.3 is 4.90 Å². The molecule has 4 heteroatoms. The van der Waals surface area contributed by atoms with E-state index in [0.717, 1.165) is 44.2 Å². The lowest BCUT2D eigenvalue weighted by atomic mass is 10.0. The number of hydrogen-bond acceptors (Lipinski definition) is 3. The maximum Gasteiger partial charge on any atom is 0.0628 e. The number of piperazine rings is 1. The summed E-state index contributed by atoms with van der Waals surface area (Å²) in [6.07, 6.45) is 3.19. The molecule has 3 nitrogen and oxygen atoms in total. The van der Waals surface area contributed by atoms with Gasteiger partial charge in [-0.15, -0.1) is 0 Å². The summed E-state index contributed by atoms with van der Waals surface area (Å²) in [5, 5.41) is 9.69. The molecule has 0 N–H and O–H groups in total. The smallest absolute Gasteiger partial charge is 0.0628 e. The van der Waals surface area contributed by atoms with Crippen LogP contribution in [0.2, 0.25) is 5.02 Å². The van der Waals surface area contributed by atoms with E-state index < -0.39 is 0 Å². The number of nitrogens with zero attached hydrogens (tertiary/aromatic N) is 3. The molecule has 0 unspecified atom stereocenters. The van der Waals surface area contributed by atoms with E-state index in [1.54, 1.807) is 0 Å². The minimum absolute atomic E-state index is 0.331. The number of rotatable bonds is 4. The molecule has 1 aliphatic carbocycles. The van der Waals surface area contributed by atoms with Crippen LogP contribution in [0.4, 0.5) is 5.69 Å². The summed E-state index contributed by atoms with van der Waals surface area (Å²) in [7, 11) is 0. The topological polar surface area (TPSA) is 30.3 Å². The first-order valence-corrected chi connectivity index (χ1v) is 7.68. The highest BCUT2D eigenvalue weighted by Gasteiger charge is 2.43. The predicted molar refractivity (Wildman–Crippen MR) is 82.0 cm³/mol. The molecule has 106 valence electrons. The summed E-state index contributed by atoms with van der Waals surface area (Å²) in [5.41, 5.74) is 1.59. The van der Waals surface area contributed by atoms with Crippen LogP contribution >= 0.6 is 11.6 Å². The monoisotopic (exact) mass is 289 g/mol. The molecule has 20 heavy (non-hydrogen) atoms. The second-order valence-corrected chi connectivity index (χ2v) is 6.51. The van der Waals surface area contributed by atoms with Crippen molar-refractivity contribution in [3.8, 4) is 6.07 Å². The molecule has 2 fully saturated rings. The summed E-state index contributed by atoms with van der Waals surface area (Å²) in [6, 6.07) is 10.4. The normalized spacial score (nSPS) is 21.5. The second-order valence-electron chi connectivity index (χ2n) is 6.07. The first-order valence-electron chi connectivity index (χ1n) is 7.31. The van der Waals surface area contributed by atoms with E-state index in [4.69, 9.17) is 16.9 Å². The standard InChI is InChI=1S/C16H20ClN3/c17-14-1-3-15(4-2-14)20-11-9-19(10-12-20)13-16(5-6-16)7-8-18/h1-4H,5-7,9-13H2. The van der Waals surface area contributed by atoms with Gasteiger partial charge in [-0.1, -0.05) is 11.6 Å². The summed E-state index contributed by atoms with van der Waals surface area (Å²) in [6.45, 7) is 5.41. The van der Waals surface area contributed by atoms with Crippen molar-refractivity contribution in [3.63, 3.8) is 0 Å². The van der Waals surface area contributed by atoms with Crippen molar-refractivity contribution in [1.82, 2.24) is 4.90 Å². The van der Waals surface area contributed by atoms with Crippen LogP contribution in [0, 0.1) is 16.7 Å². The molecule has 1 aromatic rings. The Morgan fingerprint density at radius 2 is 1.75 bits per heavy atom. The largest absolute Gasteiger partial charge is 0.369 e. The Bertz CT molecular complexity index is 493. The van der Waals surface area contributed by atoms with Crippen LogP contribution in [-0.2, 0) is 0 Å². The highest BCUT2D eigenvalue weighted by Crippen LogP contribution is 2.49. The molecular weight excluding hydrogens is 270 g/mol. The molecule has 0 radical (unpaired) electrons. The van der Waals surface area contributed by atoms with E-state index in [9.17, 15) is 0 Å². The van der Waals surface area contributed by atoms with E-state index in [1.165, 1.54) is 18.5 Å². The Kier molecular flexibility index (Phi) is 3.87. The predicted octanol–water partition coefficient (Wildman–Crippen LogP) is 3.16. The number of nitriles is 1. The van der Waals surface area contributed by atoms with Crippen molar-refractivity contribution in [2.75, 3.05) is 37.6 Å². The maximum atomic E-state index is 8.90. The number of hydrogen-bond donors (Lipinski definition) is 0. The minimum Gasteiger partial charge on any atom is -0.369 e. The van der Waals surface area contributed by atoms with Gasteiger partial charge >= 0.3 is 0 Å². The van der Waals surface area contributed by atoms with Crippen molar-refractivity contribution >= 4 is 17.3 Å². The molecule has 0 amide bonds. The first-order chi connectivity index (χ1) is 9.71. The minimum atomic E-state index is 0.331. The van der Waals surface area contributed by atoms with E-state index in [0.29, 0.717) is 5.41 Å². The fourth-order valence-corrected chi connectivity index (χ4v) is 3.15. The van der Waals surface area contributed by atoms with E-state index in [2.05, 4.69) is 28.0 Å². The molecule has 0 atom stereocenters. The van der Waals surface area contributed by atoms with Gasteiger partial charge in [-0.25, -0.2) is 0 Å². The first kappa shape index (κ1) is 13.7. The number of anilines is 1. The second kappa shape index (κ2) is 5.63. The molecule has 1 heterocycles. The van der Waals surface area contributed by atoms with Crippen LogP contribution in [0.1, 0.15) is 19.3 Å². The molecule has 0 aromatic heterocycles. The number of halogens is 1. The summed E-state index contributed by atoms with van der Waals surface area (Å²) in [4.78, 5) is 4.94. The molecular formula is C16H20ClN3. The zero-order chi connectivity index (χ0) is 14.0. The quantitative estimate of drug-likeness (QED) is 0.853. The van der Waals surface area contributed by atoms with Crippen molar-refractivity contribution < 1.29 is 0 Å². The molecule has 1 saturated heterocycles. The Morgan fingerprint density at radius 1 is 1.10 bits per heavy atom. The molecule has 1 saturated carbocycles. The third-order valence-electron chi connectivity index (χ3n) is 4.53. The van der Waals surface area contributed by atoms with Crippen LogP contribution in [-0.4, -0.2) is 37.6 Å². The maximum absolute atomic E-state index is 8.90. The lowest BCUT2D eigenvalue weighted by Crippen LogP contribution is -2.48.